The summed E-state index contributed by atoms with van der Waals surface area (Å²) in [6.45, 7) is 9.27. The number of ether oxygens (including phenoxy) is 3. The second-order valence-electron chi connectivity index (χ2n) is 6.80. The molecular weight excluding hydrogens is 322 g/mol. The maximum absolute atomic E-state index is 11.2. The molecule has 0 saturated carbocycles. The molecule has 2 fully saturated rings. The van der Waals surface area contributed by atoms with Gasteiger partial charge < -0.3 is 24.2 Å². The summed E-state index contributed by atoms with van der Waals surface area (Å²) in [5.41, 5.74) is -0.278. The standard InChI is InChI=1S/C18H29N3O4/c1-3-24-16-15(11-19-17(20-16)25-4-2)18(22)6-8-21(9-7-18)12-14-5-10-23-13-14/h11,14,22H,3-10,12-13H2,1-2H3/t14-/m1/s1. The Hall–Kier alpha value is -1.44. The zero-order chi connectivity index (χ0) is 17.7. The van der Waals surface area contributed by atoms with Crippen LogP contribution in [-0.4, -0.2) is 66.0 Å². The zero-order valence-electron chi connectivity index (χ0n) is 15.2. The van der Waals surface area contributed by atoms with Crippen molar-refractivity contribution in [1.29, 1.82) is 0 Å². The molecule has 3 rings (SSSR count). The van der Waals surface area contributed by atoms with Crippen LogP contribution >= 0.6 is 0 Å². The van der Waals surface area contributed by atoms with Gasteiger partial charge in [0, 0.05) is 32.4 Å². The van der Waals surface area contributed by atoms with E-state index in [0.717, 1.165) is 39.3 Å². The van der Waals surface area contributed by atoms with E-state index in [1.807, 2.05) is 13.8 Å². The fourth-order valence-electron chi connectivity index (χ4n) is 3.58. The molecule has 0 unspecified atom stereocenters. The van der Waals surface area contributed by atoms with Crippen molar-refractivity contribution < 1.29 is 19.3 Å². The highest BCUT2D eigenvalue weighted by atomic mass is 16.5. The smallest absolute Gasteiger partial charge is 0.319 e. The largest absolute Gasteiger partial charge is 0.478 e. The van der Waals surface area contributed by atoms with Gasteiger partial charge in [-0.05, 0) is 39.0 Å². The van der Waals surface area contributed by atoms with Gasteiger partial charge in [-0.25, -0.2) is 4.98 Å². The van der Waals surface area contributed by atoms with Crippen LogP contribution in [0.3, 0.4) is 0 Å². The topological polar surface area (TPSA) is 76.9 Å². The number of hydrogen-bond donors (Lipinski definition) is 1. The molecule has 1 atom stereocenters. The minimum Gasteiger partial charge on any atom is -0.478 e. The first kappa shape index (κ1) is 18.4. The molecule has 1 N–H and O–H groups in total. The number of nitrogens with zero attached hydrogens (tertiary/aromatic N) is 3. The molecule has 2 saturated heterocycles. The van der Waals surface area contributed by atoms with E-state index in [1.165, 1.54) is 0 Å². The van der Waals surface area contributed by atoms with Gasteiger partial charge in [0.1, 0.15) is 0 Å². The average molecular weight is 351 g/mol. The highest BCUT2D eigenvalue weighted by Gasteiger charge is 2.38. The van der Waals surface area contributed by atoms with Gasteiger partial charge in [0.2, 0.25) is 5.88 Å². The van der Waals surface area contributed by atoms with Crippen molar-refractivity contribution >= 4 is 0 Å². The molecule has 0 bridgehead atoms. The van der Waals surface area contributed by atoms with Crippen LogP contribution in [0.1, 0.15) is 38.7 Å². The molecule has 3 heterocycles. The molecular formula is C18H29N3O4. The van der Waals surface area contributed by atoms with Crippen LogP contribution in [-0.2, 0) is 10.3 Å². The van der Waals surface area contributed by atoms with E-state index in [1.54, 1.807) is 6.20 Å². The minimum absolute atomic E-state index is 0.289. The predicted octanol–water partition coefficient (Wildman–Crippen LogP) is 1.59. The molecule has 0 spiro atoms. The van der Waals surface area contributed by atoms with Crippen LogP contribution < -0.4 is 9.47 Å². The van der Waals surface area contributed by atoms with Crippen molar-refractivity contribution in [2.45, 2.75) is 38.7 Å². The van der Waals surface area contributed by atoms with Gasteiger partial charge in [-0.1, -0.05) is 0 Å². The first-order chi connectivity index (χ1) is 12.1. The number of hydrogen-bond acceptors (Lipinski definition) is 7. The molecule has 7 heteroatoms. The molecule has 25 heavy (non-hydrogen) atoms. The fourth-order valence-corrected chi connectivity index (χ4v) is 3.58. The van der Waals surface area contributed by atoms with Gasteiger partial charge in [-0.15, -0.1) is 0 Å². The monoisotopic (exact) mass is 351 g/mol. The van der Waals surface area contributed by atoms with E-state index in [0.29, 0.717) is 43.4 Å². The third-order valence-corrected chi connectivity index (χ3v) is 5.01. The third kappa shape index (κ3) is 4.40. The molecule has 7 nitrogen and oxygen atoms in total. The Morgan fingerprint density at radius 1 is 1.28 bits per heavy atom. The molecule has 2 aliphatic heterocycles. The van der Waals surface area contributed by atoms with Gasteiger partial charge in [0.25, 0.3) is 0 Å². The molecule has 1 aromatic heterocycles. The van der Waals surface area contributed by atoms with Gasteiger partial charge in [-0.3, -0.25) is 0 Å². The summed E-state index contributed by atoms with van der Waals surface area (Å²) >= 11 is 0. The number of aliphatic hydroxyl groups is 1. The zero-order valence-corrected chi connectivity index (χ0v) is 15.2. The normalized spacial score (nSPS) is 23.6. The summed E-state index contributed by atoms with van der Waals surface area (Å²) in [5.74, 6) is 1.06. The van der Waals surface area contributed by atoms with Crippen molar-refractivity contribution in [2.24, 2.45) is 5.92 Å². The van der Waals surface area contributed by atoms with Gasteiger partial charge in [0.05, 0.1) is 31.0 Å². The van der Waals surface area contributed by atoms with E-state index in [4.69, 9.17) is 14.2 Å². The quantitative estimate of drug-likeness (QED) is 0.799. The van der Waals surface area contributed by atoms with Crippen LogP contribution in [0.15, 0.2) is 6.20 Å². The van der Waals surface area contributed by atoms with Gasteiger partial charge >= 0.3 is 6.01 Å². The lowest BCUT2D eigenvalue weighted by atomic mass is 9.85. The van der Waals surface area contributed by atoms with Crippen molar-refractivity contribution in [2.75, 3.05) is 46.1 Å². The average Bonchev–Trinajstić information content (AvgIpc) is 3.11. The lowest BCUT2D eigenvalue weighted by Crippen LogP contribution is -2.44. The van der Waals surface area contributed by atoms with E-state index >= 15 is 0 Å². The second-order valence-corrected chi connectivity index (χ2v) is 6.80. The highest BCUT2D eigenvalue weighted by molar-refractivity contribution is 5.32. The molecule has 0 aromatic carbocycles. The Kier molecular flexibility index (Phi) is 6.09. The van der Waals surface area contributed by atoms with Gasteiger partial charge in [0.15, 0.2) is 0 Å². The van der Waals surface area contributed by atoms with E-state index in [2.05, 4.69) is 14.9 Å². The molecule has 140 valence electrons. The summed E-state index contributed by atoms with van der Waals surface area (Å²) < 4.78 is 16.5. The Bertz CT molecular complexity index is 555. The Morgan fingerprint density at radius 2 is 2.04 bits per heavy atom. The summed E-state index contributed by atoms with van der Waals surface area (Å²) in [6, 6.07) is 0.289. The molecule has 0 aliphatic carbocycles. The van der Waals surface area contributed by atoms with Crippen molar-refractivity contribution in [3.8, 4) is 11.9 Å². The molecule has 1 aromatic rings. The summed E-state index contributed by atoms with van der Waals surface area (Å²) in [5, 5.41) is 11.2. The van der Waals surface area contributed by atoms with E-state index < -0.39 is 5.60 Å². The van der Waals surface area contributed by atoms with E-state index in [-0.39, 0.29) is 6.01 Å². The Morgan fingerprint density at radius 3 is 2.68 bits per heavy atom. The van der Waals surface area contributed by atoms with Crippen LogP contribution in [0.25, 0.3) is 0 Å². The van der Waals surface area contributed by atoms with Gasteiger partial charge in [-0.2, -0.15) is 4.98 Å². The van der Waals surface area contributed by atoms with Crippen molar-refractivity contribution in [1.82, 2.24) is 14.9 Å². The van der Waals surface area contributed by atoms with Crippen molar-refractivity contribution in [3.63, 3.8) is 0 Å². The minimum atomic E-state index is -0.947. The number of piperidine rings is 1. The lowest BCUT2D eigenvalue weighted by molar-refractivity contribution is -0.0315. The maximum atomic E-state index is 11.2. The van der Waals surface area contributed by atoms with E-state index in [9.17, 15) is 5.11 Å². The third-order valence-electron chi connectivity index (χ3n) is 5.01. The second kappa shape index (κ2) is 8.29. The summed E-state index contributed by atoms with van der Waals surface area (Å²) in [7, 11) is 0. The van der Waals surface area contributed by atoms with Crippen molar-refractivity contribution in [3.05, 3.63) is 11.8 Å². The highest BCUT2D eigenvalue weighted by Crippen LogP contribution is 2.37. The number of rotatable bonds is 7. The maximum Gasteiger partial charge on any atom is 0.319 e. The van der Waals surface area contributed by atoms with Crippen LogP contribution in [0.4, 0.5) is 0 Å². The number of aromatic nitrogens is 2. The first-order valence-electron chi connectivity index (χ1n) is 9.30. The lowest BCUT2D eigenvalue weighted by Gasteiger charge is -2.39. The molecule has 2 aliphatic rings. The van der Waals surface area contributed by atoms with Crippen LogP contribution in [0, 0.1) is 5.92 Å². The SMILES string of the molecule is CCOc1ncc(C2(O)CCN(C[C@H]3CCOC3)CC2)c(OCC)n1. The molecule has 0 amide bonds. The van der Waals surface area contributed by atoms with Crippen LogP contribution in [0.5, 0.6) is 11.9 Å². The Balaban J connectivity index is 1.68. The van der Waals surface area contributed by atoms with Crippen LogP contribution in [0.2, 0.25) is 0 Å². The number of likely N-dealkylation sites (tertiary alicyclic amines) is 1. The molecule has 0 radical (unpaired) electrons. The first-order valence-corrected chi connectivity index (χ1v) is 9.30. The fraction of sp³-hybridized carbons (Fsp3) is 0.778. The summed E-state index contributed by atoms with van der Waals surface area (Å²) in [6.07, 6.45) is 4.10. The summed E-state index contributed by atoms with van der Waals surface area (Å²) in [4.78, 5) is 11.0. The predicted molar refractivity (Wildman–Crippen MR) is 92.9 cm³/mol. The Labute approximate surface area is 149 Å².